The Morgan fingerprint density at radius 2 is 1.93 bits per heavy atom. The van der Waals surface area contributed by atoms with Crippen LogP contribution in [0.15, 0.2) is 34.9 Å². The molecular weight excluding hydrogens is 354 g/mol. The molecule has 0 bridgehead atoms. The molecule has 0 radical (unpaired) electrons. The van der Waals surface area contributed by atoms with E-state index in [4.69, 9.17) is 9.26 Å². The molecule has 9 nitrogen and oxygen atoms in total. The number of benzene rings is 2. The molecule has 1 heterocycles. The number of phenols is 1. The molecule has 27 heavy (non-hydrogen) atoms. The van der Waals surface area contributed by atoms with Crippen LogP contribution in [0.2, 0.25) is 0 Å². The second kappa shape index (κ2) is 6.87. The number of methoxy groups -OCH3 is 1. The number of rotatable bonds is 5. The fraction of sp³-hybridized carbons (Fsp3) is 0.167. The van der Waals surface area contributed by atoms with Crippen molar-refractivity contribution in [3.63, 3.8) is 0 Å². The van der Waals surface area contributed by atoms with Crippen molar-refractivity contribution in [2.45, 2.75) is 13.8 Å². The molecule has 9 heteroatoms. The molecule has 0 amide bonds. The number of ether oxygens (including phenoxy) is 1. The molecule has 0 saturated carbocycles. The summed E-state index contributed by atoms with van der Waals surface area (Å²) in [7, 11) is 1.24. The molecule has 0 fully saturated rings. The first kappa shape index (κ1) is 18.1. The predicted molar refractivity (Wildman–Crippen MR) is 94.0 cm³/mol. The Balaban J connectivity index is 2.35. The Hall–Kier alpha value is -3.75. The number of hydrogen-bond donors (Lipinski definition) is 1. The average Bonchev–Trinajstić information content (AvgIpc) is 3.07. The minimum absolute atomic E-state index is 0.0237. The maximum absolute atomic E-state index is 13.1. The van der Waals surface area contributed by atoms with Gasteiger partial charge in [0, 0.05) is 18.1 Å². The lowest BCUT2D eigenvalue weighted by Crippen LogP contribution is -2.09. The summed E-state index contributed by atoms with van der Waals surface area (Å²) in [6.45, 7) is 3.40. The topological polar surface area (TPSA) is 129 Å². The van der Waals surface area contributed by atoms with Gasteiger partial charge >= 0.3 is 5.69 Å². The third-order valence-electron chi connectivity index (χ3n) is 3.95. The van der Waals surface area contributed by atoms with Gasteiger partial charge in [-0.2, -0.15) is 4.98 Å². The average molecular weight is 369 g/mol. The highest BCUT2D eigenvalue weighted by atomic mass is 16.6. The zero-order valence-electron chi connectivity index (χ0n) is 14.7. The highest BCUT2D eigenvalue weighted by Crippen LogP contribution is 2.44. The van der Waals surface area contributed by atoms with E-state index in [1.165, 1.54) is 13.2 Å². The molecule has 0 spiro atoms. The Kier molecular flexibility index (Phi) is 4.59. The fourth-order valence-electron chi connectivity index (χ4n) is 2.63. The summed E-state index contributed by atoms with van der Waals surface area (Å²) in [5.41, 5.74) is 0.0430. The number of aryl methyl sites for hydroxylation is 2. The van der Waals surface area contributed by atoms with E-state index in [1.54, 1.807) is 31.2 Å². The van der Waals surface area contributed by atoms with Gasteiger partial charge < -0.3 is 14.4 Å². The van der Waals surface area contributed by atoms with Gasteiger partial charge in [-0.25, -0.2) is 0 Å². The normalized spacial score (nSPS) is 10.6. The number of aromatic nitrogens is 2. The smallest absolute Gasteiger partial charge is 0.326 e. The predicted octanol–water partition coefficient (Wildman–Crippen LogP) is 3.21. The lowest BCUT2D eigenvalue weighted by Gasteiger charge is -2.12. The number of nitro groups is 1. The second-order valence-corrected chi connectivity index (χ2v) is 5.79. The third-order valence-corrected chi connectivity index (χ3v) is 3.95. The van der Waals surface area contributed by atoms with Crippen molar-refractivity contribution >= 4 is 11.5 Å². The number of carbonyl (C=O) groups excluding carboxylic acids is 1. The largest absolute Gasteiger partial charge is 0.499 e. The molecule has 1 aromatic heterocycles. The molecule has 3 aromatic rings. The molecule has 0 aliphatic carbocycles. The van der Waals surface area contributed by atoms with Crippen molar-refractivity contribution < 1.29 is 24.1 Å². The summed E-state index contributed by atoms with van der Waals surface area (Å²) in [6.07, 6.45) is 0. The van der Waals surface area contributed by atoms with Gasteiger partial charge in [0.05, 0.1) is 12.0 Å². The Morgan fingerprint density at radius 3 is 2.44 bits per heavy atom. The first-order valence-electron chi connectivity index (χ1n) is 7.84. The van der Waals surface area contributed by atoms with Crippen LogP contribution >= 0.6 is 0 Å². The molecule has 0 atom stereocenters. The van der Waals surface area contributed by atoms with Gasteiger partial charge in [0.15, 0.2) is 5.75 Å². The van der Waals surface area contributed by atoms with Gasteiger partial charge in [-0.15, -0.1) is 0 Å². The Labute approximate surface area is 153 Å². The van der Waals surface area contributed by atoms with Crippen LogP contribution in [0.1, 0.15) is 27.4 Å². The summed E-state index contributed by atoms with van der Waals surface area (Å²) in [4.78, 5) is 28.0. The van der Waals surface area contributed by atoms with E-state index >= 15 is 0 Å². The van der Waals surface area contributed by atoms with Crippen LogP contribution in [0, 0.1) is 24.0 Å². The summed E-state index contributed by atoms with van der Waals surface area (Å²) in [6, 6.07) is 7.79. The summed E-state index contributed by atoms with van der Waals surface area (Å²) < 4.78 is 9.94. The maximum Gasteiger partial charge on any atom is 0.326 e. The van der Waals surface area contributed by atoms with Crippen LogP contribution in [-0.4, -0.2) is 33.1 Å². The van der Waals surface area contributed by atoms with E-state index in [1.807, 2.05) is 6.92 Å². The molecule has 138 valence electrons. The van der Waals surface area contributed by atoms with Gasteiger partial charge in [-0.1, -0.05) is 35.0 Å². The standard InChI is InChI=1S/C18H15N3O6/c1-9-4-6-11(7-5-9)16(22)14-12(18-19-10(2)27-20-18)8-13(26-3)17(23)15(14)21(24)25/h4-8,23H,1-3H3. The van der Waals surface area contributed by atoms with E-state index in [0.717, 1.165) is 5.56 Å². The number of hydrogen-bond acceptors (Lipinski definition) is 8. The van der Waals surface area contributed by atoms with Crippen LogP contribution in [-0.2, 0) is 0 Å². The summed E-state index contributed by atoms with van der Waals surface area (Å²) in [5, 5.41) is 25.7. The Bertz CT molecular complexity index is 1040. The van der Waals surface area contributed by atoms with Crippen LogP contribution in [0.3, 0.4) is 0 Å². The van der Waals surface area contributed by atoms with E-state index in [-0.39, 0.29) is 34.2 Å². The van der Waals surface area contributed by atoms with Gasteiger partial charge in [0.2, 0.25) is 23.2 Å². The van der Waals surface area contributed by atoms with Crippen LogP contribution in [0.25, 0.3) is 11.4 Å². The number of ketones is 1. The zero-order chi connectivity index (χ0) is 19.7. The second-order valence-electron chi connectivity index (χ2n) is 5.79. The van der Waals surface area contributed by atoms with E-state index in [9.17, 15) is 20.0 Å². The van der Waals surface area contributed by atoms with Gasteiger partial charge in [-0.3, -0.25) is 14.9 Å². The fourth-order valence-corrected chi connectivity index (χ4v) is 2.63. The number of nitro benzene ring substituents is 1. The highest BCUT2D eigenvalue weighted by Gasteiger charge is 2.34. The molecule has 0 aliphatic heterocycles. The minimum Gasteiger partial charge on any atom is -0.499 e. The number of nitrogens with zero attached hydrogens (tertiary/aromatic N) is 3. The van der Waals surface area contributed by atoms with Crippen molar-refractivity contribution in [3.8, 4) is 22.9 Å². The first-order valence-corrected chi connectivity index (χ1v) is 7.84. The zero-order valence-corrected chi connectivity index (χ0v) is 14.7. The number of aromatic hydroxyl groups is 1. The van der Waals surface area contributed by atoms with Crippen molar-refractivity contribution in [2.75, 3.05) is 7.11 Å². The molecule has 0 saturated heterocycles. The first-order chi connectivity index (χ1) is 12.8. The van der Waals surface area contributed by atoms with E-state index in [0.29, 0.717) is 0 Å². The van der Waals surface area contributed by atoms with Crippen molar-refractivity contribution in [1.29, 1.82) is 0 Å². The number of carbonyl (C=O) groups is 1. The SMILES string of the molecule is COc1cc(-c2noc(C)n2)c(C(=O)c2ccc(C)cc2)c([N+](=O)[O-])c1O. The maximum atomic E-state index is 13.1. The molecule has 0 unspecified atom stereocenters. The van der Waals surface area contributed by atoms with Gasteiger partial charge in [0.25, 0.3) is 0 Å². The highest BCUT2D eigenvalue weighted by molar-refractivity contribution is 6.16. The summed E-state index contributed by atoms with van der Waals surface area (Å²) >= 11 is 0. The molecular formula is C18H15N3O6. The van der Waals surface area contributed by atoms with Crippen LogP contribution in [0.5, 0.6) is 11.5 Å². The van der Waals surface area contributed by atoms with Crippen LogP contribution < -0.4 is 4.74 Å². The van der Waals surface area contributed by atoms with E-state index in [2.05, 4.69) is 10.1 Å². The lowest BCUT2D eigenvalue weighted by atomic mass is 9.94. The molecule has 2 aromatic carbocycles. The van der Waals surface area contributed by atoms with Gasteiger partial charge in [0.1, 0.15) is 5.56 Å². The quantitative estimate of drug-likeness (QED) is 0.412. The number of phenolic OH excluding ortho intramolecular Hbond substituents is 1. The summed E-state index contributed by atoms with van der Waals surface area (Å²) in [5.74, 6) is -1.39. The monoisotopic (exact) mass is 369 g/mol. The van der Waals surface area contributed by atoms with Crippen molar-refractivity contribution in [2.24, 2.45) is 0 Å². The molecule has 1 N–H and O–H groups in total. The Morgan fingerprint density at radius 1 is 1.26 bits per heavy atom. The minimum atomic E-state index is -0.838. The van der Waals surface area contributed by atoms with Gasteiger partial charge in [-0.05, 0) is 13.0 Å². The lowest BCUT2D eigenvalue weighted by molar-refractivity contribution is -0.386. The third kappa shape index (κ3) is 3.22. The van der Waals surface area contributed by atoms with Crippen molar-refractivity contribution in [3.05, 3.63) is 63.0 Å². The molecule has 0 aliphatic rings. The van der Waals surface area contributed by atoms with Crippen molar-refractivity contribution in [1.82, 2.24) is 10.1 Å². The molecule has 3 rings (SSSR count). The van der Waals surface area contributed by atoms with Crippen LogP contribution in [0.4, 0.5) is 5.69 Å². The van der Waals surface area contributed by atoms with E-state index < -0.39 is 22.1 Å².